The molecule has 0 bridgehead atoms. The second-order valence-corrected chi connectivity index (χ2v) is 5.89. The molecule has 4 rings (SSSR count). The number of carbonyl (C=O) groups is 3. The van der Waals surface area contributed by atoms with E-state index < -0.39 is 29.0 Å². The quantitative estimate of drug-likeness (QED) is 0.814. The van der Waals surface area contributed by atoms with Crippen LogP contribution in [0.15, 0.2) is 48.5 Å². The molecule has 0 unspecified atom stereocenters. The molecule has 2 aromatic carbocycles. The molecule has 24 heavy (non-hydrogen) atoms. The number of benzene rings is 2. The van der Waals surface area contributed by atoms with Crippen molar-refractivity contribution in [3.05, 3.63) is 71.0 Å². The average Bonchev–Trinajstić information content (AvgIpc) is 3.36. The molecule has 0 atom stereocenters. The third-order valence-electron chi connectivity index (χ3n) is 4.46. The Morgan fingerprint density at radius 2 is 1.50 bits per heavy atom. The highest BCUT2D eigenvalue weighted by atomic mass is 19.1. The molecule has 0 radical (unpaired) electrons. The third kappa shape index (κ3) is 1.96. The zero-order valence-electron chi connectivity index (χ0n) is 12.5. The number of hydroxylamine groups is 2. The van der Waals surface area contributed by atoms with Crippen molar-refractivity contribution in [3.8, 4) is 0 Å². The summed E-state index contributed by atoms with van der Waals surface area (Å²) >= 11 is 0. The van der Waals surface area contributed by atoms with E-state index in [1.807, 2.05) is 0 Å². The van der Waals surface area contributed by atoms with Crippen molar-refractivity contribution in [2.24, 2.45) is 0 Å². The van der Waals surface area contributed by atoms with E-state index >= 15 is 0 Å². The number of halogens is 1. The largest absolute Gasteiger partial charge is 0.343 e. The first-order valence-corrected chi connectivity index (χ1v) is 7.50. The number of imide groups is 1. The Bertz CT molecular complexity index is 853. The van der Waals surface area contributed by atoms with Crippen LogP contribution in [0, 0.1) is 5.82 Å². The Labute approximate surface area is 136 Å². The van der Waals surface area contributed by atoms with Gasteiger partial charge >= 0.3 is 5.97 Å². The van der Waals surface area contributed by atoms with Crippen LogP contribution in [0.25, 0.3) is 0 Å². The molecule has 0 saturated heterocycles. The molecule has 0 N–H and O–H groups in total. The van der Waals surface area contributed by atoms with Gasteiger partial charge in [-0.2, -0.15) is 0 Å². The van der Waals surface area contributed by atoms with Gasteiger partial charge in [-0.15, -0.1) is 0 Å². The van der Waals surface area contributed by atoms with E-state index in [1.165, 1.54) is 30.3 Å². The zero-order chi connectivity index (χ0) is 16.9. The maximum absolute atomic E-state index is 14.0. The summed E-state index contributed by atoms with van der Waals surface area (Å²) < 4.78 is 14.0. The van der Waals surface area contributed by atoms with Crippen molar-refractivity contribution >= 4 is 17.8 Å². The van der Waals surface area contributed by atoms with Crippen molar-refractivity contribution in [3.63, 3.8) is 0 Å². The Kier molecular flexibility index (Phi) is 3.03. The van der Waals surface area contributed by atoms with Gasteiger partial charge in [0, 0.05) is 5.56 Å². The lowest BCUT2D eigenvalue weighted by molar-refractivity contribution is -0.172. The number of hydrogen-bond acceptors (Lipinski definition) is 4. The third-order valence-corrected chi connectivity index (χ3v) is 4.46. The van der Waals surface area contributed by atoms with Gasteiger partial charge in [0.25, 0.3) is 11.8 Å². The monoisotopic (exact) mass is 325 g/mol. The molecule has 120 valence electrons. The van der Waals surface area contributed by atoms with Gasteiger partial charge in [0.15, 0.2) is 0 Å². The summed E-state index contributed by atoms with van der Waals surface area (Å²) in [5.41, 5.74) is -0.524. The minimum atomic E-state index is -1.12. The smallest absolute Gasteiger partial charge is 0.329 e. The number of hydrogen-bond donors (Lipinski definition) is 0. The summed E-state index contributed by atoms with van der Waals surface area (Å²) in [6, 6.07) is 12.2. The maximum Gasteiger partial charge on any atom is 0.343 e. The van der Waals surface area contributed by atoms with Gasteiger partial charge in [-0.3, -0.25) is 9.59 Å². The summed E-state index contributed by atoms with van der Waals surface area (Å²) in [7, 11) is 0. The lowest BCUT2D eigenvalue weighted by Gasteiger charge is -2.19. The predicted octanol–water partition coefficient (Wildman–Crippen LogP) is 2.61. The molecule has 1 aliphatic heterocycles. The first-order valence-electron chi connectivity index (χ1n) is 7.50. The second kappa shape index (κ2) is 4.99. The van der Waals surface area contributed by atoms with E-state index in [4.69, 9.17) is 4.84 Å². The Balaban J connectivity index is 1.61. The zero-order valence-corrected chi connectivity index (χ0v) is 12.5. The predicted molar refractivity (Wildman–Crippen MR) is 80.3 cm³/mol. The molecular weight excluding hydrogens is 313 g/mol. The van der Waals surface area contributed by atoms with Crippen molar-refractivity contribution < 1.29 is 23.6 Å². The fourth-order valence-electron chi connectivity index (χ4n) is 2.98. The number of fused-ring (bicyclic) bond motifs is 1. The van der Waals surface area contributed by atoms with Crippen molar-refractivity contribution in [1.29, 1.82) is 0 Å². The normalized spacial score (nSPS) is 17.6. The topological polar surface area (TPSA) is 63.7 Å². The van der Waals surface area contributed by atoms with Crippen LogP contribution in [0.5, 0.6) is 0 Å². The highest BCUT2D eigenvalue weighted by Gasteiger charge is 2.56. The van der Waals surface area contributed by atoms with E-state index in [2.05, 4.69) is 0 Å². The fourth-order valence-corrected chi connectivity index (χ4v) is 2.98. The Morgan fingerprint density at radius 1 is 0.958 bits per heavy atom. The molecule has 1 heterocycles. The number of carbonyl (C=O) groups excluding carboxylic acids is 3. The Morgan fingerprint density at radius 3 is 2.04 bits per heavy atom. The van der Waals surface area contributed by atoms with Gasteiger partial charge in [0.05, 0.1) is 16.5 Å². The van der Waals surface area contributed by atoms with E-state index in [0.29, 0.717) is 17.9 Å². The molecule has 0 aromatic heterocycles. The summed E-state index contributed by atoms with van der Waals surface area (Å²) in [6.07, 6.45) is 0.825. The van der Waals surface area contributed by atoms with Crippen molar-refractivity contribution in [2.45, 2.75) is 18.3 Å². The van der Waals surface area contributed by atoms with E-state index in [-0.39, 0.29) is 16.7 Å². The van der Waals surface area contributed by atoms with Gasteiger partial charge in [-0.05, 0) is 31.0 Å². The molecule has 6 heteroatoms. The Hall–Kier alpha value is -3.02. The second-order valence-electron chi connectivity index (χ2n) is 5.89. The first-order chi connectivity index (χ1) is 11.5. The van der Waals surface area contributed by atoms with Crippen LogP contribution in [-0.4, -0.2) is 22.8 Å². The average molecular weight is 325 g/mol. The van der Waals surface area contributed by atoms with Gasteiger partial charge in [0.1, 0.15) is 5.82 Å². The minimum Gasteiger partial charge on any atom is -0.329 e. The molecule has 2 aliphatic rings. The minimum absolute atomic E-state index is 0.186. The van der Waals surface area contributed by atoms with Gasteiger partial charge < -0.3 is 4.84 Å². The van der Waals surface area contributed by atoms with Crippen LogP contribution < -0.4 is 0 Å². The lowest BCUT2D eigenvalue weighted by Crippen LogP contribution is -2.37. The number of nitrogens with zero attached hydrogens (tertiary/aromatic N) is 1. The number of rotatable bonds is 3. The maximum atomic E-state index is 14.0. The standard InChI is InChI=1S/C18H12FNO4/c19-14-8-4-3-7-13(14)18(9-10-18)17(23)24-20-15(21)11-5-1-2-6-12(11)16(20)22/h1-8H,9-10H2. The molecule has 1 aliphatic carbocycles. The summed E-state index contributed by atoms with van der Waals surface area (Å²) in [5, 5.41) is 0.466. The van der Waals surface area contributed by atoms with Crippen LogP contribution in [-0.2, 0) is 15.0 Å². The molecule has 2 aromatic rings. The van der Waals surface area contributed by atoms with Crippen LogP contribution in [0.3, 0.4) is 0 Å². The first kappa shape index (κ1) is 14.6. The van der Waals surface area contributed by atoms with E-state index in [9.17, 15) is 18.8 Å². The molecule has 1 saturated carbocycles. The van der Waals surface area contributed by atoms with E-state index in [0.717, 1.165) is 0 Å². The van der Waals surface area contributed by atoms with Gasteiger partial charge in [-0.1, -0.05) is 35.4 Å². The van der Waals surface area contributed by atoms with Crippen LogP contribution in [0.2, 0.25) is 0 Å². The highest BCUT2D eigenvalue weighted by molar-refractivity contribution is 6.21. The number of amides is 2. The van der Waals surface area contributed by atoms with Crippen LogP contribution in [0.4, 0.5) is 4.39 Å². The van der Waals surface area contributed by atoms with Crippen LogP contribution in [0.1, 0.15) is 39.1 Å². The van der Waals surface area contributed by atoms with E-state index in [1.54, 1.807) is 18.2 Å². The van der Waals surface area contributed by atoms with Crippen molar-refractivity contribution in [1.82, 2.24) is 5.06 Å². The van der Waals surface area contributed by atoms with Gasteiger partial charge in [-0.25, -0.2) is 9.18 Å². The van der Waals surface area contributed by atoms with Crippen molar-refractivity contribution in [2.75, 3.05) is 0 Å². The summed E-state index contributed by atoms with van der Waals surface area (Å²) in [5.74, 6) is -2.67. The fraction of sp³-hybridized carbons (Fsp3) is 0.167. The molecule has 2 amide bonds. The molecular formula is C18H12FNO4. The van der Waals surface area contributed by atoms with Gasteiger partial charge in [0.2, 0.25) is 0 Å². The summed E-state index contributed by atoms with van der Waals surface area (Å²) in [4.78, 5) is 42.1. The lowest BCUT2D eigenvalue weighted by atomic mass is 9.96. The highest BCUT2D eigenvalue weighted by Crippen LogP contribution is 2.50. The van der Waals surface area contributed by atoms with Crippen LogP contribution >= 0.6 is 0 Å². The summed E-state index contributed by atoms with van der Waals surface area (Å²) in [6.45, 7) is 0. The molecule has 1 fully saturated rings. The molecule has 0 spiro atoms. The molecule has 5 nitrogen and oxygen atoms in total. The SMILES string of the molecule is O=C1c2ccccc2C(=O)N1OC(=O)C1(c2ccccc2F)CC1.